The topological polar surface area (TPSA) is 55.6 Å². The predicted molar refractivity (Wildman–Crippen MR) is 102 cm³/mol. The van der Waals surface area contributed by atoms with Crippen LogP contribution >= 0.6 is 11.8 Å². The van der Waals surface area contributed by atoms with Crippen LogP contribution in [0.3, 0.4) is 0 Å². The molecule has 0 aromatic heterocycles. The van der Waals surface area contributed by atoms with E-state index in [2.05, 4.69) is 12.1 Å². The van der Waals surface area contributed by atoms with Crippen molar-refractivity contribution in [2.75, 3.05) is 25.4 Å². The number of benzene rings is 2. The van der Waals surface area contributed by atoms with Crippen molar-refractivity contribution in [1.29, 1.82) is 0 Å². The standard InChI is InChI=1S/C20H24N2O2S/c1-2-24-16-8-10-17(11-9-16)25-14-20(23)22-12-18(19(21)13-22)15-6-4-3-5-7-15/h3-11,18-19H,2,12-14,21H2,1H3/t18-,19+/m0/s1. The second-order valence-corrected chi connectivity index (χ2v) is 7.22. The van der Waals surface area contributed by atoms with E-state index in [1.54, 1.807) is 11.8 Å². The summed E-state index contributed by atoms with van der Waals surface area (Å²) in [7, 11) is 0. The molecule has 1 aliphatic heterocycles. The highest BCUT2D eigenvalue weighted by Gasteiger charge is 2.33. The molecule has 1 fully saturated rings. The van der Waals surface area contributed by atoms with Gasteiger partial charge in [0.1, 0.15) is 5.75 Å². The van der Waals surface area contributed by atoms with Crippen LogP contribution in [0.2, 0.25) is 0 Å². The number of hydrogen-bond acceptors (Lipinski definition) is 4. The van der Waals surface area contributed by atoms with Crippen LogP contribution in [0.1, 0.15) is 18.4 Å². The van der Waals surface area contributed by atoms with E-state index >= 15 is 0 Å². The molecule has 4 nitrogen and oxygen atoms in total. The van der Waals surface area contributed by atoms with Gasteiger partial charge in [-0.1, -0.05) is 30.3 Å². The van der Waals surface area contributed by atoms with Gasteiger partial charge in [0, 0.05) is 29.9 Å². The zero-order chi connectivity index (χ0) is 17.6. The molecule has 132 valence electrons. The number of rotatable bonds is 6. The molecule has 1 heterocycles. The molecule has 1 aliphatic rings. The Labute approximate surface area is 153 Å². The molecule has 5 heteroatoms. The quantitative estimate of drug-likeness (QED) is 0.808. The fraction of sp³-hybridized carbons (Fsp3) is 0.350. The average Bonchev–Trinajstić information content (AvgIpc) is 3.04. The van der Waals surface area contributed by atoms with Gasteiger partial charge in [-0.25, -0.2) is 0 Å². The zero-order valence-electron chi connectivity index (χ0n) is 14.4. The lowest BCUT2D eigenvalue weighted by Crippen LogP contribution is -2.33. The second-order valence-electron chi connectivity index (χ2n) is 6.17. The summed E-state index contributed by atoms with van der Waals surface area (Å²) < 4.78 is 5.44. The molecule has 2 aromatic carbocycles. The monoisotopic (exact) mass is 356 g/mol. The molecule has 0 spiro atoms. The van der Waals surface area contributed by atoms with Gasteiger partial charge in [0.15, 0.2) is 0 Å². The smallest absolute Gasteiger partial charge is 0.233 e. The highest BCUT2D eigenvalue weighted by molar-refractivity contribution is 8.00. The lowest BCUT2D eigenvalue weighted by molar-refractivity contribution is -0.127. The highest BCUT2D eigenvalue weighted by atomic mass is 32.2. The molecule has 2 aromatic rings. The highest BCUT2D eigenvalue weighted by Crippen LogP contribution is 2.28. The average molecular weight is 356 g/mol. The van der Waals surface area contributed by atoms with E-state index in [-0.39, 0.29) is 17.9 Å². The van der Waals surface area contributed by atoms with Crippen LogP contribution in [0, 0.1) is 0 Å². The van der Waals surface area contributed by atoms with Crippen molar-refractivity contribution in [3.8, 4) is 5.75 Å². The van der Waals surface area contributed by atoms with Crippen molar-refractivity contribution in [2.24, 2.45) is 5.73 Å². The molecular weight excluding hydrogens is 332 g/mol. The zero-order valence-corrected chi connectivity index (χ0v) is 15.2. The number of likely N-dealkylation sites (tertiary alicyclic amines) is 1. The second kappa shape index (κ2) is 8.41. The first-order valence-corrected chi connectivity index (χ1v) is 9.60. The minimum absolute atomic E-state index is 0.00169. The Bertz CT molecular complexity index is 691. The number of carbonyl (C=O) groups excluding carboxylic acids is 1. The molecule has 3 rings (SSSR count). The van der Waals surface area contributed by atoms with Gasteiger partial charge in [-0.05, 0) is 36.8 Å². The third-order valence-electron chi connectivity index (χ3n) is 4.44. The predicted octanol–water partition coefficient (Wildman–Crippen LogP) is 3.13. The number of ether oxygens (including phenoxy) is 1. The molecule has 0 saturated carbocycles. The number of amides is 1. The van der Waals surface area contributed by atoms with E-state index in [4.69, 9.17) is 10.5 Å². The van der Waals surface area contributed by atoms with E-state index in [0.29, 0.717) is 25.4 Å². The van der Waals surface area contributed by atoms with Crippen LogP contribution in [-0.2, 0) is 4.79 Å². The van der Waals surface area contributed by atoms with Crippen LogP contribution in [0.4, 0.5) is 0 Å². The number of nitrogens with two attached hydrogens (primary N) is 1. The van der Waals surface area contributed by atoms with Gasteiger partial charge >= 0.3 is 0 Å². The van der Waals surface area contributed by atoms with Gasteiger partial charge in [-0.3, -0.25) is 4.79 Å². The maximum atomic E-state index is 12.5. The first-order valence-electron chi connectivity index (χ1n) is 8.61. The SMILES string of the molecule is CCOc1ccc(SCC(=O)N2C[C@@H](N)[C@H](c3ccccc3)C2)cc1. The molecule has 2 atom stereocenters. The van der Waals surface area contributed by atoms with E-state index in [9.17, 15) is 4.79 Å². The minimum Gasteiger partial charge on any atom is -0.494 e. The van der Waals surface area contributed by atoms with Crippen LogP contribution in [0.15, 0.2) is 59.5 Å². The first kappa shape index (κ1) is 17.8. The van der Waals surface area contributed by atoms with Crippen LogP contribution < -0.4 is 10.5 Å². The molecule has 0 aliphatic carbocycles. The Morgan fingerprint density at radius 3 is 2.56 bits per heavy atom. The molecule has 0 radical (unpaired) electrons. The summed E-state index contributed by atoms with van der Waals surface area (Å²) in [5.41, 5.74) is 7.49. The van der Waals surface area contributed by atoms with Crippen molar-refractivity contribution in [2.45, 2.75) is 23.8 Å². The molecule has 1 amide bonds. The first-order chi connectivity index (χ1) is 12.2. The summed E-state index contributed by atoms with van der Waals surface area (Å²) in [6, 6.07) is 18.1. The Balaban J connectivity index is 1.53. The molecule has 2 N–H and O–H groups in total. The van der Waals surface area contributed by atoms with E-state index in [1.807, 2.05) is 54.3 Å². The van der Waals surface area contributed by atoms with Crippen LogP contribution in [-0.4, -0.2) is 42.3 Å². The molecule has 25 heavy (non-hydrogen) atoms. The number of carbonyl (C=O) groups is 1. The fourth-order valence-corrected chi connectivity index (χ4v) is 3.92. The Morgan fingerprint density at radius 2 is 1.88 bits per heavy atom. The van der Waals surface area contributed by atoms with Crippen molar-refractivity contribution in [3.05, 3.63) is 60.2 Å². The molecule has 1 saturated heterocycles. The van der Waals surface area contributed by atoms with E-state index in [0.717, 1.165) is 10.6 Å². The third kappa shape index (κ3) is 4.55. The van der Waals surface area contributed by atoms with E-state index < -0.39 is 0 Å². The van der Waals surface area contributed by atoms with Gasteiger partial charge in [-0.2, -0.15) is 0 Å². The van der Waals surface area contributed by atoms with Crippen LogP contribution in [0.5, 0.6) is 5.75 Å². The maximum absolute atomic E-state index is 12.5. The van der Waals surface area contributed by atoms with Crippen molar-refractivity contribution in [3.63, 3.8) is 0 Å². The van der Waals surface area contributed by atoms with Gasteiger partial charge in [0.05, 0.1) is 12.4 Å². The van der Waals surface area contributed by atoms with Crippen molar-refractivity contribution in [1.82, 2.24) is 4.90 Å². The fourth-order valence-electron chi connectivity index (χ4n) is 3.12. The normalized spacial score (nSPS) is 19.8. The largest absolute Gasteiger partial charge is 0.494 e. The van der Waals surface area contributed by atoms with Gasteiger partial charge in [0.25, 0.3) is 0 Å². The lowest BCUT2D eigenvalue weighted by atomic mass is 9.95. The summed E-state index contributed by atoms with van der Waals surface area (Å²) in [5.74, 6) is 1.66. The van der Waals surface area contributed by atoms with Gasteiger partial charge in [-0.15, -0.1) is 11.8 Å². The summed E-state index contributed by atoms with van der Waals surface area (Å²) in [6.07, 6.45) is 0. The Hall–Kier alpha value is -1.98. The van der Waals surface area contributed by atoms with E-state index in [1.165, 1.54) is 5.56 Å². The lowest BCUT2D eigenvalue weighted by Gasteiger charge is -2.16. The third-order valence-corrected chi connectivity index (χ3v) is 5.44. The number of hydrogen-bond donors (Lipinski definition) is 1. The maximum Gasteiger partial charge on any atom is 0.233 e. The van der Waals surface area contributed by atoms with Crippen molar-refractivity contribution >= 4 is 17.7 Å². The molecular formula is C20H24N2O2S. The summed E-state index contributed by atoms with van der Waals surface area (Å²) in [5, 5.41) is 0. The minimum atomic E-state index is 0.00169. The summed E-state index contributed by atoms with van der Waals surface area (Å²) in [4.78, 5) is 15.5. The Morgan fingerprint density at radius 1 is 1.16 bits per heavy atom. The summed E-state index contributed by atoms with van der Waals surface area (Å²) in [6.45, 7) is 3.95. The Kier molecular flexibility index (Phi) is 6.00. The van der Waals surface area contributed by atoms with Crippen molar-refractivity contribution < 1.29 is 9.53 Å². The van der Waals surface area contributed by atoms with Gasteiger partial charge < -0.3 is 15.4 Å². The van der Waals surface area contributed by atoms with Gasteiger partial charge in [0.2, 0.25) is 5.91 Å². The molecule has 0 unspecified atom stereocenters. The molecule has 0 bridgehead atoms. The summed E-state index contributed by atoms with van der Waals surface area (Å²) >= 11 is 1.55. The number of thioether (sulfide) groups is 1. The van der Waals surface area contributed by atoms with Crippen LogP contribution in [0.25, 0.3) is 0 Å². The number of nitrogens with zero attached hydrogens (tertiary/aromatic N) is 1.